The van der Waals surface area contributed by atoms with Crippen LogP contribution in [0.2, 0.25) is 0 Å². The van der Waals surface area contributed by atoms with Crippen molar-refractivity contribution in [2.45, 2.75) is 69.2 Å². The van der Waals surface area contributed by atoms with Gasteiger partial charge in [0.1, 0.15) is 0 Å². The molecule has 0 spiro atoms. The van der Waals surface area contributed by atoms with Crippen LogP contribution in [0.5, 0.6) is 0 Å². The third kappa shape index (κ3) is 2.70. The number of hydrogen-bond donors (Lipinski definition) is 0. The van der Waals surface area contributed by atoms with Crippen LogP contribution in [0, 0.1) is 10.8 Å². The van der Waals surface area contributed by atoms with Crippen LogP contribution >= 0.6 is 0 Å². The van der Waals surface area contributed by atoms with Crippen LogP contribution in [0.1, 0.15) is 69.2 Å². The minimum Gasteiger partial charge on any atom is 0 e. The summed E-state index contributed by atoms with van der Waals surface area (Å²) in [6, 6.07) is 0. The van der Waals surface area contributed by atoms with Crippen molar-refractivity contribution in [2.75, 3.05) is 0 Å². The fraction of sp³-hybridized carbons (Fsp3) is 0.600. The van der Waals surface area contributed by atoms with Crippen LogP contribution in [0.15, 0.2) is 41.8 Å². The average molecular weight is 427 g/mol. The Balaban J connectivity index is 0.00000242. The fourth-order valence-electron chi connectivity index (χ4n) is 3.52. The molecule has 126 valence electrons. The zero-order chi connectivity index (χ0) is 16.3. The summed E-state index contributed by atoms with van der Waals surface area (Å²) in [5, 5.41) is 0. The van der Waals surface area contributed by atoms with E-state index in [-0.39, 0.29) is 45.0 Å². The van der Waals surface area contributed by atoms with Gasteiger partial charge in [0.05, 0.1) is 0 Å². The van der Waals surface area contributed by atoms with Gasteiger partial charge in [0.25, 0.3) is 0 Å². The van der Waals surface area contributed by atoms with Gasteiger partial charge < -0.3 is 0 Å². The van der Waals surface area contributed by atoms with Crippen molar-refractivity contribution in [3.63, 3.8) is 0 Å². The Bertz CT molecular complexity index is 581. The van der Waals surface area contributed by atoms with Crippen LogP contribution in [0.25, 0.3) is 0 Å². The molecule has 2 aliphatic carbocycles. The molecule has 0 saturated heterocycles. The Kier molecular flexibility index (Phi) is 5.67. The topological polar surface area (TPSA) is 0 Å². The predicted octanol–water partition coefficient (Wildman–Crippen LogP) is 6.37. The van der Waals surface area contributed by atoms with Crippen molar-refractivity contribution in [3.05, 3.63) is 41.8 Å². The zero-order valence-corrected chi connectivity index (χ0v) is 18.5. The van der Waals surface area contributed by atoms with Gasteiger partial charge >= 0.3 is 139 Å². The molecule has 0 radical (unpaired) electrons. The summed E-state index contributed by atoms with van der Waals surface area (Å²) in [6.45, 7) is 23.6. The van der Waals surface area contributed by atoms with E-state index in [1.165, 1.54) is 11.1 Å². The van der Waals surface area contributed by atoms with Gasteiger partial charge in [0, 0.05) is 17.1 Å². The van der Waals surface area contributed by atoms with Gasteiger partial charge in [0.15, 0.2) is 0 Å². The van der Waals surface area contributed by atoms with Crippen molar-refractivity contribution >= 4 is 0 Å². The summed E-state index contributed by atoms with van der Waals surface area (Å²) in [6.07, 6.45) is 0. The van der Waals surface area contributed by atoms with Crippen molar-refractivity contribution in [1.82, 2.24) is 0 Å². The van der Waals surface area contributed by atoms with Gasteiger partial charge in [-0.25, -0.2) is 0 Å². The fourth-order valence-corrected chi connectivity index (χ4v) is 7.00. The Morgan fingerprint density at radius 3 is 1.00 bits per heavy atom. The molecule has 0 aliphatic heterocycles. The van der Waals surface area contributed by atoms with Crippen LogP contribution < -0.4 is 0 Å². The van der Waals surface area contributed by atoms with Gasteiger partial charge in [-0.1, -0.05) is 0 Å². The summed E-state index contributed by atoms with van der Waals surface area (Å²) in [5.74, 6) is 0. The first-order valence-corrected chi connectivity index (χ1v) is 9.59. The monoisotopic (exact) mass is 428 g/mol. The normalized spacial score (nSPS) is 23.9. The molecule has 0 fully saturated rings. The second kappa shape index (κ2) is 6.20. The number of allylic oxidation sites excluding steroid dienone is 8. The van der Waals surface area contributed by atoms with Crippen molar-refractivity contribution in [1.29, 1.82) is 0 Å². The Hall–Kier alpha value is 0.103. The van der Waals surface area contributed by atoms with Gasteiger partial charge in [0.2, 0.25) is 0 Å². The van der Waals surface area contributed by atoms with E-state index in [1.54, 1.807) is 30.6 Å². The van der Waals surface area contributed by atoms with Crippen LogP contribution in [-0.2, 0) is 34.2 Å². The third-order valence-corrected chi connectivity index (χ3v) is 10.4. The minimum absolute atomic E-state index is 0. The second-order valence-corrected chi connectivity index (χ2v) is 9.86. The van der Waals surface area contributed by atoms with E-state index in [0.717, 1.165) is 0 Å². The summed E-state index contributed by atoms with van der Waals surface area (Å²) < 4.78 is 3.43. The van der Waals surface area contributed by atoms with E-state index >= 15 is 0 Å². The van der Waals surface area contributed by atoms with E-state index in [9.17, 15) is 0 Å². The quantitative estimate of drug-likeness (QED) is 0.450. The van der Waals surface area contributed by atoms with Gasteiger partial charge in [-0.3, -0.25) is 0 Å². The molecule has 0 saturated carbocycles. The first-order valence-electron chi connectivity index (χ1n) is 7.85. The summed E-state index contributed by atoms with van der Waals surface area (Å²) in [5.41, 5.74) is 9.82. The van der Waals surface area contributed by atoms with E-state index < -0.39 is 0 Å². The first-order chi connectivity index (χ1) is 9.44. The SMILES string of the molecule is CC1=C(C)C(C)(C)[C]([Ru][C]2=C(C)C(C)=C(C)C2(C)C)=C1C.[Fe]. The molecule has 0 amide bonds. The molecule has 0 heterocycles. The Labute approximate surface area is 155 Å². The third-order valence-electron chi connectivity index (χ3n) is 6.01. The molecule has 0 N–H and O–H groups in total. The van der Waals surface area contributed by atoms with Crippen molar-refractivity contribution < 1.29 is 34.2 Å². The van der Waals surface area contributed by atoms with Crippen LogP contribution in [0.4, 0.5) is 0 Å². The molecule has 2 rings (SSSR count). The van der Waals surface area contributed by atoms with Crippen LogP contribution in [-0.4, -0.2) is 0 Å². The molecule has 22 heavy (non-hydrogen) atoms. The van der Waals surface area contributed by atoms with Gasteiger partial charge in [-0.15, -0.1) is 0 Å². The Morgan fingerprint density at radius 1 is 0.545 bits per heavy atom. The van der Waals surface area contributed by atoms with Gasteiger partial charge in [-0.2, -0.15) is 0 Å². The van der Waals surface area contributed by atoms with E-state index in [0.29, 0.717) is 0 Å². The smallest absolute Gasteiger partial charge is 0 e. The maximum absolute atomic E-state index is 2.41. The molecule has 0 atom stereocenters. The molecular formula is C20H30FeRu. The van der Waals surface area contributed by atoms with E-state index in [4.69, 9.17) is 0 Å². The average Bonchev–Trinajstić information content (AvgIpc) is 2.63. The minimum atomic E-state index is 0. The molecule has 0 aromatic heterocycles. The zero-order valence-electron chi connectivity index (χ0n) is 15.7. The largest absolute Gasteiger partial charge is 0 e. The molecule has 0 aromatic carbocycles. The number of rotatable bonds is 2. The Morgan fingerprint density at radius 2 is 0.818 bits per heavy atom. The molecular weight excluding hydrogens is 397 g/mol. The van der Waals surface area contributed by atoms with Gasteiger partial charge in [-0.05, 0) is 0 Å². The first kappa shape index (κ1) is 20.1. The maximum Gasteiger partial charge on any atom is 0 e. The summed E-state index contributed by atoms with van der Waals surface area (Å²) in [7, 11) is 0. The molecule has 2 aliphatic rings. The standard InChI is InChI=1S/2C10H15.Fe.Ru/c2*1-7-6-10(4,5)9(3)8(7)2;;/h2*1-5H3;;. The molecule has 2 heteroatoms. The molecule has 0 unspecified atom stereocenters. The van der Waals surface area contributed by atoms with Crippen molar-refractivity contribution in [3.8, 4) is 0 Å². The van der Waals surface area contributed by atoms with Crippen molar-refractivity contribution in [2.24, 2.45) is 10.8 Å². The predicted molar refractivity (Wildman–Crippen MR) is 89.7 cm³/mol. The van der Waals surface area contributed by atoms with Crippen LogP contribution in [0.3, 0.4) is 0 Å². The maximum atomic E-state index is 2.41. The van der Waals surface area contributed by atoms with E-state index in [2.05, 4.69) is 69.2 Å². The second-order valence-electron chi connectivity index (χ2n) is 7.69. The summed E-state index contributed by atoms with van der Waals surface area (Å²) >= 11 is 0.143. The van der Waals surface area contributed by atoms with E-state index in [1.807, 2.05) is 0 Å². The number of hydrogen-bond acceptors (Lipinski definition) is 0. The molecule has 0 aromatic rings. The molecule has 0 bridgehead atoms. The molecule has 0 nitrogen and oxygen atoms in total. The summed E-state index contributed by atoms with van der Waals surface area (Å²) in [4.78, 5) is 0.